The van der Waals surface area contributed by atoms with E-state index in [2.05, 4.69) is 17.4 Å². The van der Waals surface area contributed by atoms with Crippen molar-refractivity contribution in [2.45, 2.75) is 76.7 Å². The third kappa shape index (κ3) is 3.60. The van der Waals surface area contributed by atoms with Crippen LogP contribution in [0.15, 0.2) is 4.52 Å². The topological polar surface area (TPSA) is 51.0 Å². The lowest BCUT2D eigenvalue weighted by Gasteiger charge is -2.23. The Bertz CT molecular complexity index is 414. The third-order valence-electron chi connectivity index (χ3n) is 4.64. The van der Waals surface area contributed by atoms with E-state index in [1.54, 1.807) is 0 Å². The predicted octanol–water partition coefficient (Wildman–Crippen LogP) is 3.44. The van der Waals surface area contributed by atoms with E-state index in [4.69, 9.17) is 9.51 Å². The number of hydrogen-bond acceptors (Lipinski definition) is 4. The fraction of sp³-hybridized carbons (Fsp3) is 0.875. The standard InChI is InChI=1S/C16H27N3O/c1-2-10-17-14-7-5-3-4-6-13(14)16-18-15(19-20-16)11-12-8-9-12/h12-14,17H,2-11H2,1H3. The molecule has 2 saturated carbocycles. The van der Waals surface area contributed by atoms with Gasteiger partial charge in [0.1, 0.15) is 0 Å². The van der Waals surface area contributed by atoms with E-state index >= 15 is 0 Å². The van der Waals surface area contributed by atoms with Crippen molar-refractivity contribution < 1.29 is 4.52 Å². The van der Waals surface area contributed by atoms with Crippen LogP contribution in [0.4, 0.5) is 0 Å². The van der Waals surface area contributed by atoms with Crippen molar-refractivity contribution in [3.63, 3.8) is 0 Å². The molecule has 0 aliphatic heterocycles. The summed E-state index contributed by atoms with van der Waals surface area (Å²) >= 11 is 0. The summed E-state index contributed by atoms with van der Waals surface area (Å²) in [6.07, 6.45) is 11.3. The quantitative estimate of drug-likeness (QED) is 0.809. The van der Waals surface area contributed by atoms with Crippen LogP contribution in [-0.2, 0) is 6.42 Å². The molecule has 20 heavy (non-hydrogen) atoms. The number of rotatable bonds is 6. The van der Waals surface area contributed by atoms with Gasteiger partial charge < -0.3 is 9.84 Å². The molecule has 2 atom stereocenters. The summed E-state index contributed by atoms with van der Waals surface area (Å²) in [4.78, 5) is 4.70. The van der Waals surface area contributed by atoms with Gasteiger partial charge in [0.25, 0.3) is 0 Å². The number of hydrogen-bond donors (Lipinski definition) is 1. The molecule has 112 valence electrons. The summed E-state index contributed by atoms with van der Waals surface area (Å²) < 4.78 is 5.60. The highest BCUT2D eigenvalue weighted by Crippen LogP contribution is 2.34. The molecular weight excluding hydrogens is 250 g/mol. The predicted molar refractivity (Wildman–Crippen MR) is 78.6 cm³/mol. The van der Waals surface area contributed by atoms with Crippen molar-refractivity contribution in [3.05, 3.63) is 11.7 Å². The van der Waals surface area contributed by atoms with Gasteiger partial charge in [-0.25, -0.2) is 0 Å². The fourth-order valence-electron chi connectivity index (χ4n) is 3.26. The second kappa shape index (κ2) is 6.70. The second-order valence-corrected chi connectivity index (χ2v) is 6.50. The highest BCUT2D eigenvalue weighted by atomic mass is 16.5. The Kier molecular flexibility index (Phi) is 4.71. The van der Waals surface area contributed by atoms with Crippen LogP contribution in [0.2, 0.25) is 0 Å². The first-order chi connectivity index (χ1) is 9.86. The van der Waals surface area contributed by atoms with E-state index in [1.165, 1.54) is 51.4 Å². The molecule has 1 aromatic heterocycles. The zero-order valence-corrected chi connectivity index (χ0v) is 12.6. The summed E-state index contributed by atoms with van der Waals surface area (Å²) in [5.41, 5.74) is 0. The Hall–Kier alpha value is -0.900. The molecule has 1 N–H and O–H groups in total. The van der Waals surface area contributed by atoms with Crippen LogP contribution >= 0.6 is 0 Å². The van der Waals surface area contributed by atoms with Gasteiger partial charge in [-0.2, -0.15) is 4.98 Å². The largest absolute Gasteiger partial charge is 0.339 e. The maximum absolute atomic E-state index is 5.60. The summed E-state index contributed by atoms with van der Waals surface area (Å²) in [6, 6.07) is 0.520. The maximum Gasteiger partial charge on any atom is 0.231 e. The molecule has 1 heterocycles. The van der Waals surface area contributed by atoms with Crippen LogP contribution in [0.25, 0.3) is 0 Å². The average molecular weight is 277 g/mol. The van der Waals surface area contributed by atoms with Crippen LogP contribution in [0.5, 0.6) is 0 Å². The molecule has 3 rings (SSSR count). The van der Waals surface area contributed by atoms with Crippen molar-refractivity contribution in [1.29, 1.82) is 0 Å². The van der Waals surface area contributed by atoms with Gasteiger partial charge in [-0.3, -0.25) is 0 Å². The Balaban J connectivity index is 1.67. The first-order valence-corrected chi connectivity index (χ1v) is 8.42. The molecule has 2 aliphatic rings. The SMILES string of the molecule is CCCNC1CCCCCC1c1nc(CC2CC2)no1. The highest BCUT2D eigenvalue weighted by Gasteiger charge is 2.30. The molecule has 0 aromatic carbocycles. The highest BCUT2D eigenvalue weighted by molar-refractivity contribution is 5.02. The molecule has 0 amide bonds. The van der Waals surface area contributed by atoms with E-state index in [1.807, 2.05) is 0 Å². The van der Waals surface area contributed by atoms with E-state index in [-0.39, 0.29) is 0 Å². The van der Waals surface area contributed by atoms with Crippen molar-refractivity contribution in [2.75, 3.05) is 6.54 Å². The number of nitrogens with one attached hydrogen (secondary N) is 1. The van der Waals surface area contributed by atoms with Crippen molar-refractivity contribution in [1.82, 2.24) is 15.5 Å². The molecule has 4 heteroatoms. The smallest absolute Gasteiger partial charge is 0.231 e. The van der Waals surface area contributed by atoms with E-state index < -0.39 is 0 Å². The third-order valence-corrected chi connectivity index (χ3v) is 4.64. The molecular formula is C16H27N3O. The Morgan fingerprint density at radius 1 is 1.15 bits per heavy atom. The molecule has 4 nitrogen and oxygen atoms in total. The van der Waals surface area contributed by atoms with Crippen LogP contribution in [0.1, 0.15) is 75.9 Å². The van der Waals surface area contributed by atoms with Gasteiger partial charge >= 0.3 is 0 Å². The van der Waals surface area contributed by atoms with Gasteiger partial charge in [-0.15, -0.1) is 0 Å². The van der Waals surface area contributed by atoms with Crippen LogP contribution < -0.4 is 5.32 Å². The summed E-state index contributed by atoms with van der Waals surface area (Å²) in [5.74, 6) is 3.06. The van der Waals surface area contributed by atoms with E-state index in [0.717, 1.165) is 30.6 Å². The first kappa shape index (κ1) is 14.1. The van der Waals surface area contributed by atoms with E-state index in [9.17, 15) is 0 Å². The van der Waals surface area contributed by atoms with Crippen molar-refractivity contribution in [2.24, 2.45) is 5.92 Å². The minimum absolute atomic E-state index is 0.421. The van der Waals surface area contributed by atoms with Gasteiger partial charge in [0.05, 0.1) is 5.92 Å². The lowest BCUT2D eigenvalue weighted by atomic mass is 9.94. The fourth-order valence-corrected chi connectivity index (χ4v) is 3.26. The maximum atomic E-state index is 5.60. The summed E-state index contributed by atoms with van der Waals surface area (Å²) in [7, 11) is 0. The Morgan fingerprint density at radius 2 is 2.00 bits per heavy atom. The van der Waals surface area contributed by atoms with E-state index in [0.29, 0.717) is 12.0 Å². The van der Waals surface area contributed by atoms with Crippen molar-refractivity contribution in [3.8, 4) is 0 Å². The molecule has 2 aliphatic carbocycles. The molecule has 0 spiro atoms. The number of aromatic nitrogens is 2. The minimum atomic E-state index is 0.421. The zero-order chi connectivity index (χ0) is 13.8. The van der Waals surface area contributed by atoms with Crippen molar-refractivity contribution >= 4 is 0 Å². The van der Waals surface area contributed by atoms with Crippen LogP contribution in [-0.4, -0.2) is 22.7 Å². The summed E-state index contributed by atoms with van der Waals surface area (Å²) in [5, 5.41) is 7.90. The molecule has 2 fully saturated rings. The van der Waals surface area contributed by atoms with Gasteiger partial charge in [0.2, 0.25) is 5.89 Å². The first-order valence-electron chi connectivity index (χ1n) is 8.42. The molecule has 1 aromatic rings. The minimum Gasteiger partial charge on any atom is -0.339 e. The number of nitrogens with zero attached hydrogens (tertiary/aromatic N) is 2. The van der Waals surface area contributed by atoms with Gasteiger partial charge in [-0.1, -0.05) is 31.3 Å². The second-order valence-electron chi connectivity index (χ2n) is 6.50. The molecule has 0 radical (unpaired) electrons. The monoisotopic (exact) mass is 277 g/mol. The van der Waals surface area contributed by atoms with Gasteiger partial charge in [-0.05, 0) is 44.6 Å². The Morgan fingerprint density at radius 3 is 2.80 bits per heavy atom. The normalized spacial score (nSPS) is 27.4. The molecule has 0 saturated heterocycles. The molecule has 0 bridgehead atoms. The van der Waals surface area contributed by atoms with Crippen LogP contribution in [0, 0.1) is 5.92 Å². The molecule has 2 unspecified atom stereocenters. The van der Waals surface area contributed by atoms with Crippen LogP contribution in [0.3, 0.4) is 0 Å². The van der Waals surface area contributed by atoms with Gasteiger partial charge in [0.15, 0.2) is 5.82 Å². The van der Waals surface area contributed by atoms with Gasteiger partial charge in [0, 0.05) is 12.5 Å². The zero-order valence-electron chi connectivity index (χ0n) is 12.6. The summed E-state index contributed by atoms with van der Waals surface area (Å²) in [6.45, 7) is 3.31. The average Bonchev–Trinajstić information content (AvgIpc) is 3.20. The lowest BCUT2D eigenvalue weighted by Crippen LogP contribution is -2.35. The lowest BCUT2D eigenvalue weighted by molar-refractivity contribution is 0.302. The Labute approximate surface area is 121 Å².